The summed E-state index contributed by atoms with van der Waals surface area (Å²) in [5, 5.41) is 14.8. The van der Waals surface area contributed by atoms with Crippen molar-refractivity contribution in [3.63, 3.8) is 0 Å². The zero-order chi connectivity index (χ0) is 20.2. The number of aromatic nitrogens is 4. The van der Waals surface area contributed by atoms with E-state index in [4.69, 9.17) is 0 Å². The standard InChI is InChI=1S/C21H19N5OS2/c1-14-8-10-17(11-9-14)26-19(16-6-4-3-5-7-16)24-25-21(26)29-13-18(27)23-20-22-15(2)12-28-20/h3-12H,13H2,1-2H3,(H,22,23,27). The Balaban J connectivity index is 1.60. The second-order valence-corrected chi connectivity index (χ2v) is 8.27. The highest BCUT2D eigenvalue weighted by atomic mass is 32.2. The van der Waals surface area contributed by atoms with Crippen LogP contribution in [-0.4, -0.2) is 31.4 Å². The molecular weight excluding hydrogens is 402 g/mol. The van der Waals surface area contributed by atoms with Gasteiger partial charge in [-0.05, 0) is 26.0 Å². The summed E-state index contributed by atoms with van der Waals surface area (Å²) in [4.78, 5) is 16.6. The number of nitrogens with one attached hydrogen (secondary N) is 1. The molecule has 0 aliphatic heterocycles. The third-order valence-electron chi connectivity index (χ3n) is 4.16. The van der Waals surface area contributed by atoms with Crippen LogP contribution in [0.5, 0.6) is 0 Å². The van der Waals surface area contributed by atoms with E-state index in [1.807, 2.05) is 66.3 Å². The lowest BCUT2D eigenvalue weighted by atomic mass is 10.2. The predicted molar refractivity (Wildman–Crippen MR) is 118 cm³/mol. The molecule has 0 fully saturated rings. The number of anilines is 1. The minimum atomic E-state index is -0.121. The normalized spacial score (nSPS) is 10.8. The Morgan fingerprint density at radius 3 is 2.52 bits per heavy atom. The Hall–Kier alpha value is -2.97. The topological polar surface area (TPSA) is 72.7 Å². The van der Waals surface area contributed by atoms with Gasteiger partial charge in [0.2, 0.25) is 5.91 Å². The van der Waals surface area contributed by atoms with Gasteiger partial charge in [-0.2, -0.15) is 0 Å². The van der Waals surface area contributed by atoms with Crippen LogP contribution in [0, 0.1) is 13.8 Å². The summed E-state index contributed by atoms with van der Waals surface area (Å²) in [6.07, 6.45) is 0. The number of benzene rings is 2. The lowest BCUT2D eigenvalue weighted by molar-refractivity contribution is -0.113. The molecule has 6 nitrogen and oxygen atoms in total. The van der Waals surface area contributed by atoms with Gasteiger partial charge < -0.3 is 5.32 Å². The van der Waals surface area contributed by atoms with E-state index in [-0.39, 0.29) is 11.7 Å². The summed E-state index contributed by atoms with van der Waals surface area (Å²) < 4.78 is 1.99. The van der Waals surface area contributed by atoms with Crippen LogP contribution in [0.3, 0.4) is 0 Å². The number of nitrogens with zero attached hydrogens (tertiary/aromatic N) is 4. The first kappa shape index (κ1) is 19.4. The molecule has 0 bridgehead atoms. The summed E-state index contributed by atoms with van der Waals surface area (Å²) in [5.41, 5.74) is 3.99. The van der Waals surface area contributed by atoms with Crippen LogP contribution in [-0.2, 0) is 4.79 Å². The van der Waals surface area contributed by atoms with E-state index in [9.17, 15) is 4.79 Å². The van der Waals surface area contributed by atoms with Crippen LogP contribution < -0.4 is 5.32 Å². The maximum atomic E-state index is 12.3. The molecule has 0 radical (unpaired) electrons. The fourth-order valence-corrected chi connectivity index (χ4v) is 4.22. The van der Waals surface area contributed by atoms with Gasteiger partial charge in [-0.1, -0.05) is 59.8 Å². The fourth-order valence-electron chi connectivity index (χ4n) is 2.76. The molecule has 4 rings (SSSR count). The van der Waals surface area contributed by atoms with E-state index in [1.54, 1.807) is 0 Å². The van der Waals surface area contributed by atoms with Gasteiger partial charge >= 0.3 is 0 Å². The van der Waals surface area contributed by atoms with Crippen molar-refractivity contribution in [2.24, 2.45) is 0 Å². The SMILES string of the molecule is Cc1ccc(-n2c(SCC(=O)Nc3nc(C)cs3)nnc2-c2ccccc2)cc1. The maximum absolute atomic E-state index is 12.3. The smallest absolute Gasteiger partial charge is 0.236 e. The van der Waals surface area contributed by atoms with Crippen molar-refractivity contribution in [2.75, 3.05) is 11.1 Å². The van der Waals surface area contributed by atoms with Gasteiger partial charge in [0.05, 0.1) is 11.4 Å². The molecule has 2 aromatic heterocycles. The zero-order valence-electron chi connectivity index (χ0n) is 16.0. The van der Waals surface area contributed by atoms with Gasteiger partial charge in [0.25, 0.3) is 0 Å². The van der Waals surface area contributed by atoms with Crippen LogP contribution in [0.1, 0.15) is 11.3 Å². The highest BCUT2D eigenvalue weighted by molar-refractivity contribution is 7.99. The Morgan fingerprint density at radius 2 is 1.83 bits per heavy atom. The van der Waals surface area contributed by atoms with Gasteiger partial charge in [-0.25, -0.2) is 4.98 Å². The lowest BCUT2D eigenvalue weighted by Crippen LogP contribution is -2.14. The molecule has 0 saturated heterocycles. The molecule has 2 heterocycles. The molecule has 1 N–H and O–H groups in total. The summed E-state index contributed by atoms with van der Waals surface area (Å²) in [6.45, 7) is 3.95. The maximum Gasteiger partial charge on any atom is 0.236 e. The van der Waals surface area contributed by atoms with Crippen molar-refractivity contribution in [3.05, 3.63) is 71.2 Å². The number of thiazole rings is 1. The van der Waals surface area contributed by atoms with Crippen molar-refractivity contribution in [2.45, 2.75) is 19.0 Å². The van der Waals surface area contributed by atoms with E-state index in [0.29, 0.717) is 10.3 Å². The second kappa shape index (κ2) is 8.59. The molecule has 0 atom stereocenters. The molecule has 29 heavy (non-hydrogen) atoms. The first-order valence-electron chi connectivity index (χ1n) is 9.03. The van der Waals surface area contributed by atoms with Crippen LogP contribution in [0.15, 0.2) is 65.1 Å². The van der Waals surface area contributed by atoms with Gasteiger partial charge in [-0.15, -0.1) is 21.5 Å². The quantitative estimate of drug-likeness (QED) is 0.455. The number of carbonyl (C=O) groups excluding carboxylic acids is 1. The van der Waals surface area contributed by atoms with Gasteiger partial charge in [-0.3, -0.25) is 9.36 Å². The Bertz CT molecular complexity index is 1120. The average Bonchev–Trinajstić information content (AvgIpc) is 3.34. The van der Waals surface area contributed by atoms with Crippen LogP contribution >= 0.6 is 23.1 Å². The number of carbonyl (C=O) groups is 1. The van der Waals surface area contributed by atoms with Crippen molar-refractivity contribution in [1.82, 2.24) is 19.7 Å². The van der Waals surface area contributed by atoms with Gasteiger partial charge in [0, 0.05) is 16.6 Å². The number of hydrogen-bond donors (Lipinski definition) is 1. The predicted octanol–water partition coefficient (Wildman–Crippen LogP) is 4.74. The minimum Gasteiger partial charge on any atom is -0.301 e. The van der Waals surface area contributed by atoms with E-state index in [2.05, 4.69) is 32.6 Å². The molecular formula is C21H19N5OS2. The summed E-state index contributed by atoms with van der Waals surface area (Å²) in [6, 6.07) is 18.1. The Labute approximate surface area is 177 Å². The molecule has 4 aromatic rings. The molecule has 0 saturated carbocycles. The third kappa shape index (κ3) is 4.55. The number of rotatable bonds is 6. The van der Waals surface area contributed by atoms with Crippen molar-refractivity contribution >= 4 is 34.1 Å². The van der Waals surface area contributed by atoms with Crippen LogP contribution in [0.25, 0.3) is 17.1 Å². The highest BCUT2D eigenvalue weighted by Crippen LogP contribution is 2.28. The first-order chi connectivity index (χ1) is 14.1. The van der Waals surface area contributed by atoms with E-state index >= 15 is 0 Å². The summed E-state index contributed by atoms with van der Waals surface area (Å²) in [5.74, 6) is 0.842. The largest absolute Gasteiger partial charge is 0.301 e. The Morgan fingerprint density at radius 1 is 1.07 bits per heavy atom. The zero-order valence-corrected chi connectivity index (χ0v) is 17.6. The summed E-state index contributed by atoms with van der Waals surface area (Å²) >= 11 is 2.77. The molecule has 0 aliphatic rings. The fraction of sp³-hybridized carbons (Fsp3) is 0.143. The van der Waals surface area contributed by atoms with E-state index < -0.39 is 0 Å². The number of thioether (sulfide) groups is 1. The number of amides is 1. The summed E-state index contributed by atoms with van der Waals surface area (Å²) in [7, 11) is 0. The molecule has 146 valence electrons. The third-order valence-corrected chi connectivity index (χ3v) is 5.96. The minimum absolute atomic E-state index is 0.121. The average molecular weight is 422 g/mol. The first-order valence-corrected chi connectivity index (χ1v) is 10.9. The molecule has 1 amide bonds. The molecule has 0 aliphatic carbocycles. The van der Waals surface area contributed by atoms with Crippen molar-refractivity contribution < 1.29 is 4.79 Å². The molecule has 0 spiro atoms. The molecule has 0 unspecified atom stereocenters. The highest BCUT2D eigenvalue weighted by Gasteiger charge is 2.17. The van der Waals surface area contributed by atoms with Crippen molar-refractivity contribution in [1.29, 1.82) is 0 Å². The van der Waals surface area contributed by atoms with Gasteiger partial charge in [0.15, 0.2) is 16.1 Å². The molecule has 2 aromatic carbocycles. The van der Waals surface area contributed by atoms with E-state index in [0.717, 1.165) is 22.8 Å². The second-order valence-electron chi connectivity index (χ2n) is 6.47. The van der Waals surface area contributed by atoms with E-state index in [1.165, 1.54) is 28.7 Å². The van der Waals surface area contributed by atoms with Crippen molar-refractivity contribution in [3.8, 4) is 17.1 Å². The van der Waals surface area contributed by atoms with Crippen LogP contribution in [0.2, 0.25) is 0 Å². The Kier molecular flexibility index (Phi) is 5.73. The lowest BCUT2D eigenvalue weighted by Gasteiger charge is -2.10. The monoisotopic (exact) mass is 421 g/mol. The van der Waals surface area contributed by atoms with Gasteiger partial charge in [0.1, 0.15) is 0 Å². The molecule has 8 heteroatoms. The number of aryl methyl sites for hydroxylation is 2. The van der Waals surface area contributed by atoms with Crippen LogP contribution in [0.4, 0.5) is 5.13 Å². The number of hydrogen-bond acceptors (Lipinski definition) is 6.